The summed E-state index contributed by atoms with van der Waals surface area (Å²) in [6.45, 7) is 0. The van der Waals surface area contributed by atoms with Gasteiger partial charge in [-0.05, 0) is 28.7 Å². The SMILES string of the molecule is BrC(c1ccccc1)c1ccc(Cc2ccccc2)cc1. The van der Waals surface area contributed by atoms with Gasteiger partial charge in [-0.1, -0.05) is 101 Å². The fourth-order valence-electron chi connectivity index (χ4n) is 2.45. The Labute approximate surface area is 134 Å². The zero-order valence-corrected chi connectivity index (χ0v) is 13.3. The van der Waals surface area contributed by atoms with E-state index in [1.54, 1.807) is 0 Å². The lowest BCUT2D eigenvalue weighted by Crippen LogP contribution is -1.94. The Kier molecular flexibility index (Phi) is 4.52. The van der Waals surface area contributed by atoms with Gasteiger partial charge in [0.15, 0.2) is 0 Å². The van der Waals surface area contributed by atoms with Crippen molar-refractivity contribution in [3.8, 4) is 0 Å². The minimum atomic E-state index is 0.254. The molecule has 0 spiro atoms. The van der Waals surface area contributed by atoms with Crippen LogP contribution in [-0.2, 0) is 6.42 Å². The molecule has 1 unspecified atom stereocenters. The summed E-state index contributed by atoms with van der Waals surface area (Å²) in [7, 11) is 0. The highest BCUT2D eigenvalue weighted by atomic mass is 79.9. The molecule has 3 rings (SSSR count). The van der Waals surface area contributed by atoms with Gasteiger partial charge in [-0.15, -0.1) is 0 Å². The first-order chi connectivity index (χ1) is 10.3. The average molecular weight is 337 g/mol. The maximum atomic E-state index is 3.79. The maximum Gasteiger partial charge on any atom is 0.0644 e. The molecule has 0 heterocycles. The number of alkyl halides is 1. The second kappa shape index (κ2) is 6.73. The van der Waals surface area contributed by atoms with Crippen LogP contribution >= 0.6 is 15.9 Å². The predicted molar refractivity (Wildman–Crippen MR) is 92.9 cm³/mol. The number of hydrogen-bond donors (Lipinski definition) is 0. The van der Waals surface area contributed by atoms with Crippen LogP contribution in [-0.4, -0.2) is 0 Å². The van der Waals surface area contributed by atoms with Crippen molar-refractivity contribution in [2.75, 3.05) is 0 Å². The van der Waals surface area contributed by atoms with E-state index >= 15 is 0 Å². The molecule has 1 heteroatoms. The second-order valence-corrected chi connectivity index (χ2v) is 6.09. The highest BCUT2D eigenvalue weighted by Crippen LogP contribution is 2.30. The predicted octanol–water partition coefficient (Wildman–Crippen LogP) is 5.76. The van der Waals surface area contributed by atoms with Crippen LogP contribution in [0, 0.1) is 0 Å². The molecule has 0 fully saturated rings. The van der Waals surface area contributed by atoms with Gasteiger partial charge in [0.1, 0.15) is 0 Å². The smallest absolute Gasteiger partial charge is 0.0644 e. The lowest BCUT2D eigenvalue weighted by atomic mass is 10.0. The van der Waals surface area contributed by atoms with Crippen LogP contribution in [0.3, 0.4) is 0 Å². The van der Waals surface area contributed by atoms with Crippen LogP contribution in [0.1, 0.15) is 27.1 Å². The van der Waals surface area contributed by atoms with E-state index in [1.165, 1.54) is 22.3 Å². The van der Waals surface area contributed by atoms with E-state index in [0.29, 0.717) is 0 Å². The fourth-order valence-corrected chi connectivity index (χ4v) is 3.06. The normalized spacial score (nSPS) is 12.0. The van der Waals surface area contributed by atoms with E-state index in [1.807, 2.05) is 6.07 Å². The van der Waals surface area contributed by atoms with Gasteiger partial charge in [-0.2, -0.15) is 0 Å². The van der Waals surface area contributed by atoms with Gasteiger partial charge in [-0.25, -0.2) is 0 Å². The van der Waals surface area contributed by atoms with Gasteiger partial charge in [0.25, 0.3) is 0 Å². The minimum absolute atomic E-state index is 0.254. The zero-order valence-electron chi connectivity index (χ0n) is 11.7. The maximum absolute atomic E-state index is 3.79. The monoisotopic (exact) mass is 336 g/mol. The largest absolute Gasteiger partial charge is 0.0786 e. The molecule has 3 aromatic rings. The van der Waals surface area contributed by atoms with E-state index in [-0.39, 0.29) is 4.83 Å². The first-order valence-corrected chi connectivity index (χ1v) is 8.06. The number of benzene rings is 3. The van der Waals surface area contributed by atoms with Crippen molar-refractivity contribution in [1.29, 1.82) is 0 Å². The lowest BCUT2D eigenvalue weighted by Gasteiger charge is -2.11. The molecule has 0 aliphatic carbocycles. The Hall–Kier alpha value is -1.86. The summed E-state index contributed by atoms with van der Waals surface area (Å²) >= 11 is 3.79. The lowest BCUT2D eigenvalue weighted by molar-refractivity contribution is 1.14. The third-order valence-corrected chi connectivity index (χ3v) is 4.67. The number of rotatable bonds is 4. The highest BCUT2D eigenvalue weighted by Gasteiger charge is 2.09. The van der Waals surface area contributed by atoms with Crippen LogP contribution in [0.15, 0.2) is 84.9 Å². The summed E-state index contributed by atoms with van der Waals surface area (Å²) in [5.74, 6) is 0. The van der Waals surface area contributed by atoms with E-state index in [2.05, 4.69) is 94.8 Å². The molecule has 0 aliphatic rings. The Morgan fingerprint density at radius 1 is 0.571 bits per heavy atom. The van der Waals surface area contributed by atoms with Crippen LogP contribution in [0.25, 0.3) is 0 Å². The van der Waals surface area contributed by atoms with Gasteiger partial charge in [0.05, 0.1) is 4.83 Å². The van der Waals surface area contributed by atoms with Crippen molar-refractivity contribution in [3.63, 3.8) is 0 Å². The van der Waals surface area contributed by atoms with Gasteiger partial charge in [0.2, 0.25) is 0 Å². The van der Waals surface area contributed by atoms with Gasteiger partial charge < -0.3 is 0 Å². The second-order valence-electron chi connectivity index (χ2n) is 5.18. The van der Waals surface area contributed by atoms with Crippen LogP contribution < -0.4 is 0 Å². The molecule has 21 heavy (non-hydrogen) atoms. The van der Waals surface area contributed by atoms with Crippen molar-refractivity contribution >= 4 is 15.9 Å². The highest BCUT2D eigenvalue weighted by molar-refractivity contribution is 9.09. The molecule has 0 nitrogen and oxygen atoms in total. The number of halogens is 1. The summed E-state index contributed by atoms with van der Waals surface area (Å²) in [6, 6.07) is 30.0. The number of hydrogen-bond acceptors (Lipinski definition) is 0. The molecular formula is C20H17Br. The average Bonchev–Trinajstić information content (AvgIpc) is 2.57. The molecule has 1 atom stereocenters. The van der Waals surface area contributed by atoms with Gasteiger partial charge in [0, 0.05) is 0 Å². The van der Waals surface area contributed by atoms with Crippen molar-refractivity contribution in [3.05, 3.63) is 107 Å². The summed E-state index contributed by atoms with van der Waals surface area (Å²) in [5, 5.41) is 0. The molecule has 3 aromatic carbocycles. The van der Waals surface area contributed by atoms with Crippen molar-refractivity contribution in [2.24, 2.45) is 0 Å². The van der Waals surface area contributed by atoms with Gasteiger partial charge in [-0.3, -0.25) is 0 Å². The topological polar surface area (TPSA) is 0 Å². The molecule has 0 saturated carbocycles. The molecule has 0 radical (unpaired) electrons. The van der Waals surface area contributed by atoms with Crippen LogP contribution in [0.5, 0.6) is 0 Å². The molecule has 0 aliphatic heterocycles. The third-order valence-electron chi connectivity index (χ3n) is 3.62. The molecule has 0 amide bonds. The summed E-state index contributed by atoms with van der Waals surface area (Å²) in [6.07, 6.45) is 0.986. The summed E-state index contributed by atoms with van der Waals surface area (Å²) in [4.78, 5) is 0.254. The third kappa shape index (κ3) is 3.62. The van der Waals surface area contributed by atoms with Crippen LogP contribution in [0.2, 0.25) is 0 Å². The van der Waals surface area contributed by atoms with Crippen LogP contribution in [0.4, 0.5) is 0 Å². The molecule has 104 valence electrons. The first kappa shape index (κ1) is 14.1. The molecule has 0 N–H and O–H groups in total. The first-order valence-electron chi connectivity index (χ1n) is 7.15. The molecule has 0 saturated heterocycles. The van der Waals surface area contributed by atoms with Crippen molar-refractivity contribution in [2.45, 2.75) is 11.2 Å². The molecular weight excluding hydrogens is 320 g/mol. The summed E-state index contributed by atoms with van der Waals surface area (Å²) in [5.41, 5.74) is 5.27. The molecule has 0 aromatic heterocycles. The fraction of sp³-hybridized carbons (Fsp3) is 0.100. The quantitative estimate of drug-likeness (QED) is 0.531. The molecule has 0 bridgehead atoms. The Balaban J connectivity index is 1.75. The van der Waals surface area contributed by atoms with E-state index in [0.717, 1.165) is 6.42 Å². The minimum Gasteiger partial charge on any atom is -0.0786 e. The zero-order chi connectivity index (χ0) is 14.5. The Morgan fingerprint density at radius 3 is 1.67 bits per heavy atom. The van der Waals surface area contributed by atoms with E-state index in [9.17, 15) is 0 Å². The summed E-state index contributed by atoms with van der Waals surface area (Å²) < 4.78 is 0. The van der Waals surface area contributed by atoms with E-state index in [4.69, 9.17) is 0 Å². The van der Waals surface area contributed by atoms with E-state index < -0.39 is 0 Å². The van der Waals surface area contributed by atoms with Gasteiger partial charge >= 0.3 is 0 Å². The van der Waals surface area contributed by atoms with Crippen molar-refractivity contribution < 1.29 is 0 Å². The Morgan fingerprint density at radius 2 is 1.05 bits per heavy atom. The standard InChI is InChI=1S/C20H17Br/c21-20(18-9-5-2-6-10-18)19-13-11-17(12-14-19)15-16-7-3-1-4-8-16/h1-14,20H,15H2. The Bertz CT molecular complexity index is 672. The van der Waals surface area contributed by atoms with Crippen molar-refractivity contribution in [1.82, 2.24) is 0 Å².